The van der Waals surface area contributed by atoms with Crippen LogP contribution in [0.25, 0.3) is 6.08 Å². The van der Waals surface area contributed by atoms with E-state index in [-0.39, 0.29) is 44.1 Å². The van der Waals surface area contributed by atoms with E-state index in [0.717, 1.165) is 61.6 Å². The molecule has 2 bridgehead atoms. The molecule has 0 radical (unpaired) electrons. The monoisotopic (exact) mass is 881 g/mol. The van der Waals surface area contributed by atoms with Crippen LogP contribution < -0.4 is 5.32 Å². The van der Waals surface area contributed by atoms with Gasteiger partial charge in [-0.25, -0.2) is 0 Å². The number of carbonyl (C=O) groups is 4. The summed E-state index contributed by atoms with van der Waals surface area (Å²) in [4.78, 5) is 65.9. The number of aliphatic hydroxyl groups excluding tert-OH is 1. The van der Waals surface area contributed by atoms with Crippen molar-refractivity contribution in [2.75, 3.05) is 13.7 Å². The topological polar surface area (TPSA) is 166 Å². The molecular weight excluding hydrogens is 819 g/mol. The second-order valence-corrected chi connectivity index (χ2v) is 20.7. The molecule has 2 aromatic rings. The van der Waals surface area contributed by atoms with Crippen molar-refractivity contribution in [1.29, 1.82) is 0 Å². The first-order valence-corrected chi connectivity index (χ1v) is 23.6. The average molecular weight is 882 g/mol. The van der Waals surface area contributed by atoms with Gasteiger partial charge < -0.3 is 39.0 Å². The van der Waals surface area contributed by atoms with Crippen LogP contribution in [-0.4, -0.2) is 119 Å². The summed E-state index contributed by atoms with van der Waals surface area (Å²) >= 11 is 0. The predicted molar refractivity (Wildman–Crippen MR) is 231 cm³/mol. The van der Waals surface area contributed by atoms with E-state index < -0.39 is 89.7 Å². The Kier molecular flexibility index (Phi) is 11.5. The van der Waals surface area contributed by atoms with Crippen LogP contribution in [0, 0.1) is 23.2 Å². The number of nitrogens with zero attached hydrogens (tertiary/aromatic N) is 2. The smallest absolute Gasteiger partial charge is 0.327 e. The lowest BCUT2D eigenvalue weighted by atomic mass is 9.62. The number of ether oxygens (including phenoxy) is 5. The number of amides is 2. The molecule has 2 amide bonds. The van der Waals surface area contributed by atoms with Gasteiger partial charge in [-0.3, -0.25) is 24.0 Å². The number of likely N-dealkylation sites (N-methyl/N-ethyl adjacent to an activating group) is 1. The van der Waals surface area contributed by atoms with Gasteiger partial charge in [0, 0.05) is 38.1 Å². The van der Waals surface area contributed by atoms with Crippen molar-refractivity contribution in [3.05, 3.63) is 77.4 Å². The summed E-state index contributed by atoms with van der Waals surface area (Å²) in [6.45, 7) is 5.12. The highest BCUT2D eigenvalue weighted by Crippen LogP contribution is 2.64. The lowest BCUT2D eigenvalue weighted by molar-refractivity contribution is -0.235. The van der Waals surface area contributed by atoms with Crippen LogP contribution in [0.4, 0.5) is 0 Å². The molecule has 344 valence electrons. The number of hydroxylamine groups is 2. The van der Waals surface area contributed by atoms with E-state index in [4.69, 9.17) is 28.5 Å². The molecular formula is C50H63N3O11. The molecule has 0 aromatic heterocycles. The lowest BCUT2D eigenvalue weighted by Gasteiger charge is -2.50. The molecule has 8 aliphatic rings. The zero-order valence-electron chi connectivity index (χ0n) is 37.4. The van der Waals surface area contributed by atoms with Crippen LogP contribution in [0.15, 0.2) is 60.7 Å². The number of hydrogen-bond acceptors (Lipinski definition) is 12. The maximum atomic E-state index is 15.8. The number of allylic oxidation sites excluding steroid dienone is 1. The number of aliphatic hydroxyl groups is 1. The Bertz CT molecular complexity index is 2110. The summed E-state index contributed by atoms with van der Waals surface area (Å²) in [6.07, 6.45) is 9.98. The van der Waals surface area contributed by atoms with Gasteiger partial charge in [-0.05, 0) is 94.7 Å². The number of fused-ring (bicyclic) bond motifs is 5. The maximum absolute atomic E-state index is 15.8. The largest absolute Gasteiger partial charge is 0.460 e. The molecule has 8 fully saturated rings. The van der Waals surface area contributed by atoms with Crippen molar-refractivity contribution in [3.8, 4) is 0 Å². The standard InChI is InChI=1S/C50H63N3O11/c1-48(2,3)61-40(55)23-21-35(28-54)51-45(56)36(24-30-8-6-5-7-9-30)52(4)47(58)49-26-39-41-42(63-50(62-41,33-17-18-33)34-19-20-34)44(49)64-53(43(49)46(57)60-39)27-32-14-11-29(12-15-32)10-13-31-16-22-37-38(25-31)59-37/h5-15,31,33-39,41-44,54H,16-28H2,1-4H3,(H,51,56)/t31?,35-,36+,37?,38?,39+,41-,42-,43-,44+,49-/m0/s1. The van der Waals surface area contributed by atoms with Crippen molar-refractivity contribution >= 4 is 29.8 Å². The second-order valence-electron chi connectivity index (χ2n) is 20.7. The van der Waals surface area contributed by atoms with E-state index in [1.165, 1.54) is 4.90 Å². The minimum absolute atomic E-state index is 0.0195. The molecule has 14 heteroatoms. The molecule has 14 nitrogen and oxygen atoms in total. The molecule has 4 saturated carbocycles. The molecule has 64 heavy (non-hydrogen) atoms. The van der Waals surface area contributed by atoms with E-state index in [1.54, 1.807) is 32.9 Å². The first-order chi connectivity index (χ1) is 30.7. The van der Waals surface area contributed by atoms with Gasteiger partial charge in [0.15, 0.2) is 11.8 Å². The number of hydrogen-bond donors (Lipinski definition) is 2. The maximum Gasteiger partial charge on any atom is 0.327 e. The van der Waals surface area contributed by atoms with Crippen LogP contribution in [0.1, 0.15) is 102 Å². The Morgan fingerprint density at radius 3 is 2.33 bits per heavy atom. The van der Waals surface area contributed by atoms with Gasteiger partial charge in [0.05, 0.1) is 31.4 Å². The third-order valence-corrected chi connectivity index (χ3v) is 14.9. The summed E-state index contributed by atoms with van der Waals surface area (Å²) in [5, 5.41) is 14.9. The Hall–Kier alpha value is -4.18. The fourth-order valence-electron chi connectivity index (χ4n) is 11.3. The van der Waals surface area contributed by atoms with Crippen molar-refractivity contribution in [2.24, 2.45) is 23.2 Å². The number of rotatable bonds is 16. The molecule has 4 aliphatic heterocycles. The molecule has 2 N–H and O–H groups in total. The molecule has 4 saturated heterocycles. The molecule has 4 heterocycles. The van der Waals surface area contributed by atoms with Gasteiger partial charge in [-0.15, -0.1) is 0 Å². The summed E-state index contributed by atoms with van der Waals surface area (Å²) in [6, 6.07) is 14.6. The third kappa shape index (κ3) is 8.43. The van der Waals surface area contributed by atoms with Crippen LogP contribution in [0.2, 0.25) is 0 Å². The minimum atomic E-state index is -1.49. The fraction of sp³-hybridized carbons (Fsp3) is 0.640. The van der Waals surface area contributed by atoms with E-state index in [0.29, 0.717) is 18.1 Å². The quantitative estimate of drug-likeness (QED) is 0.171. The second kappa shape index (κ2) is 16.9. The Balaban J connectivity index is 0.940. The number of esters is 2. The zero-order valence-corrected chi connectivity index (χ0v) is 37.4. The van der Waals surface area contributed by atoms with Crippen LogP contribution in [0.3, 0.4) is 0 Å². The molecule has 4 aliphatic carbocycles. The summed E-state index contributed by atoms with van der Waals surface area (Å²) in [7, 11) is 1.60. The van der Waals surface area contributed by atoms with Crippen molar-refractivity contribution in [2.45, 2.75) is 164 Å². The normalized spacial score (nSPS) is 33.4. The van der Waals surface area contributed by atoms with Gasteiger partial charge in [0.25, 0.3) is 0 Å². The average Bonchev–Trinajstić information content (AvgIpc) is 4.18. The molecule has 11 atom stereocenters. The summed E-state index contributed by atoms with van der Waals surface area (Å²) < 4.78 is 31.5. The van der Waals surface area contributed by atoms with Gasteiger partial charge >= 0.3 is 11.9 Å². The van der Waals surface area contributed by atoms with Crippen LogP contribution in [0.5, 0.6) is 0 Å². The van der Waals surface area contributed by atoms with E-state index in [9.17, 15) is 19.5 Å². The zero-order chi connectivity index (χ0) is 44.5. The fourth-order valence-corrected chi connectivity index (χ4v) is 11.3. The van der Waals surface area contributed by atoms with Gasteiger partial charge in [0.2, 0.25) is 11.8 Å². The van der Waals surface area contributed by atoms with Crippen molar-refractivity contribution in [1.82, 2.24) is 15.3 Å². The number of nitrogens with one attached hydrogen (secondary N) is 1. The Morgan fingerprint density at radius 2 is 1.66 bits per heavy atom. The highest BCUT2D eigenvalue weighted by molar-refractivity contribution is 5.96. The highest BCUT2D eigenvalue weighted by Gasteiger charge is 2.78. The number of epoxide rings is 1. The van der Waals surface area contributed by atoms with Gasteiger partial charge in [-0.2, -0.15) is 5.06 Å². The van der Waals surface area contributed by atoms with Crippen LogP contribution in [-0.2, 0) is 60.7 Å². The van der Waals surface area contributed by atoms with Gasteiger partial charge in [0.1, 0.15) is 41.5 Å². The van der Waals surface area contributed by atoms with Crippen molar-refractivity contribution in [3.63, 3.8) is 0 Å². The van der Waals surface area contributed by atoms with E-state index in [2.05, 4.69) is 29.6 Å². The first kappa shape index (κ1) is 43.7. The third-order valence-electron chi connectivity index (χ3n) is 14.9. The Morgan fingerprint density at radius 1 is 0.938 bits per heavy atom. The predicted octanol–water partition coefficient (Wildman–Crippen LogP) is 5.04. The van der Waals surface area contributed by atoms with E-state index in [1.807, 2.05) is 42.5 Å². The molecule has 0 spiro atoms. The lowest BCUT2D eigenvalue weighted by Crippen LogP contribution is -2.70. The molecule has 3 unspecified atom stereocenters. The van der Waals surface area contributed by atoms with Crippen LogP contribution >= 0.6 is 0 Å². The Labute approximate surface area is 375 Å². The number of carbonyl (C=O) groups excluding carboxylic acids is 4. The minimum Gasteiger partial charge on any atom is -0.460 e. The summed E-state index contributed by atoms with van der Waals surface area (Å²) in [5.41, 5.74) is 0.604. The molecule has 2 aromatic carbocycles. The molecule has 10 rings (SSSR count). The van der Waals surface area contributed by atoms with Crippen molar-refractivity contribution < 1.29 is 52.8 Å². The number of benzene rings is 2. The highest BCUT2D eigenvalue weighted by atomic mass is 16.8. The SMILES string of the molecule is CN(C(=O)[C@@]12C[C@H]3OC(=O)[C@@H]1N(Cc1ccc(C=CC4CCC5OC5C4)cc1)O[C@@H]2[C@H]1OC(C2CC2)(C2CC2)O[C@H]13)[C@H](Cc1ccccc1)C(=O)N[C@H](CO)CCC(=O)OC(C)(C)C. The first-order valence-electron chi connectivity index (χ1n) is 23.6. The van der Waals surface area contributed by atoms with E-state index >= 15 is 4.79 Å². The van der Waals surface area contributed by atoms with Gasteiger partial charge in [-0.1, -0.05) is 66.7 Å². The summed E-state index contributed by atoms with van der Waals surface area (Å²) in [5.74, 6) is -1.81.